The van der Waals surface area contributed by atoms with Crippen molar-refractivity contribution in [2.75, 3.05) is 11.5 Å². The highest BCUT2D eigenvalue weighted by atomic mass is 16.5. The first kappa shape index (κ1) is 21.6. The Labute approximate surface area is 177 Å². The molecule has 3 rings (SSSR count). The number of anilines is 1. The Balaban J connectivity index is 1.57. The zero-order chi connectivity index (χ0) is 21.7. The van der Waals surface area contributed by atoms with E-state index in [0.29, 0.717) is 0 Å². The predicted octanol–water partition coefficient (Wildman–Crippen LogP) is 2.89. The lowest BCUT2D eigenvalue weighted by atomic mass is 10.0. The van der Waals surface area contributed by atoms with Gasteiger partial charge in [-0.2, -0.15) is 0 Å². The zero-order valence-electron chi connectivity index (χ0n) is 17.6. The van der Waals surface area contributed by atoms with Crippen molar-refractivity contribution in [3.63, 3.8) is 0 Å². The quantitative estimate of drug-likeness (QED) is 0.715. The van der Waals surface area contributed by atoms with Crippen LogP contribution in [0.4, 0.5) is 5.69 Å². The van der Waals surface area contributed by atoms with Gasteiger partial charge >= 0.3 is 5.97 Å². The van der Waals surface area contributed by atoms with E-state index in [2.05, 4.69) is 5.32 Å². The summed E-state index contributed by atoms with van der Waals surface area (Å²) >= 11 is 0. The number of fused-ring (bicyclic) bond motifs is 1. The molecule has 0 aromatic heterocycles. The fourth-order valence-corrected chi connectivity index (χ4v) is 3.74. The Bertz CT molecular complexity index is 910. The number of esters is 1. The van der Waals surface area contributed by atoms with Crippen LogP contribution >= 0.6 is 0 Å². The summed E-state index contributed by atoms with van der Waals surface area (Å²) in [5, 5.41) is 2.74. The molecule has 1 aliphatic rings. The second kappa shape index (κ2) is 9.57. The molecule has 0 aliphatic carbocycles. The van der Waals surface area contributed by atoms with Crippen molar-refractivity contribution in [1.29, 1.82) is 0 Å². The third kappa shape index (κ3) is 5.06. The van der Waals surface area contributed by atoms with Crippen LogP contribution < -0.4 is 10.2 Å². The Hall–Kier alpha value is -3.15. The minimum Gasteiger partial charge on any atom is -0.454 e. The Morgan fingerprint density at radius 3 is 2.43 bits per heavy atom. The summed E-state index contributed by atoms with van der Waals surface area (Å²) in [5.41, 5.74) is 2.84. The van der Waals surface area contributed by atoms with Gasteiger partial charge in [0.1, 0.15) is 6.04 Å². The maximum atomic E-state index is 12.7. The van der Waals surface area contributed by atoms with E-state index in [4.69, 9.17) is 4.74 Å². The SMILES string of the molecule is CC(C)[C@H](NC(=O)Cc1ccccc1)C(=O)OCC(=O)N1c2ccccc2C[C@@H]1C. The van der Waals surface area contributed by atoms with E-state index in [1.165, 1.54) is 0 Å². The summed E-state index contributed by atoms with van der Waals surface area (Å²) in [6.45, 7) is 5.28. The number of nitrogens with zero attached hydrogens (tertiary/aromatic N) is 1. The first-order valence-corrected chi connectivity index (χ1v) is 10.3. The van der Waals surface area contributed by atoms with Gasteiger partial charge in [-0.3, -0.25) is 9.59 Å². The summed E-state index contributed by atoms with van der Waals surface area (Å²) in [6.07, 6.45) is 0.957. The summed E-state index contributed by atoms with van der Waals surface area (Å²) < 4.78 is 5.31. The van der Waals surface area contributed by atoms with Crippen molar-refractivity contribution in [2.45, 2.75) is 45.7 Å². The highest BCUT2D eigenvalue weighted by Gasteiger charge is 2.32. The Morgan fingerprint density at radius 2 is 1.73 bits per heavy atom. The average Bonchev–Trinajstić information content (AvgIpc) is 3.06. The molecule has 2 aromatic carbocycles. The topological polar surface area (TPSA) is 75.7 Å². The van der Waals surface area contributed by atoms with Crippen molar-refractivity contribution >= 4 is 23.5 Å². The van der Waals surface area contributed by atoms with E-state index in [9.17, 15) is 14.4 Å². The number of hydrogen-bond acceptors (Lipinski definition) is 4. The fourth-order valence-electron chi connectivity index (χ4n) is 3.74. The van der Waals surface area contributed by atoms with Gasteiger partial charge in [-0.05, 0) is 36.5 Å². The molecule has 2 aromatic rings. The molecule has 0 unspecified atom stereocenters. The van der Waals surface area contributed by atoms with Crippen LogP contribution in [-0.2, 0) is 32.0 Å². The average molecular weight is 408 g/mol. The van der Waals surface area contributed by atoms with Gasteiger partial charge < -0.3 is 15.0 Å². The van der Waals surface area contributed by atoms with Crippen LogP contribution in [0, 0.1) is 5.92 Å². The largest absolute Gasteiger partial charge is 0.454 e. The van der Waals surface area contributed by atoms with E-state index in [1.807, 2.05) is 75.4 Å². The number of nitrogens with one attached hydrogen (secondary N) is 1. The molecule has 6 nitrogen and oxygen atoms in total. The van der Waals surface area contributed by atoms with Crippen LogP contribution in [0.15, 0.2) is 54.6 Å². The maximum absolute atomic E-state index is 12.7. The molecule has 0 saturated heterocycles. The minimum atomic E-state index is -0.808. The molecular formula is C24H28N2O4. The molecule has 158 valence electrons. The molecule has 0 radical (unpaired) electrons. The van der Waals surface area contributed by atoms with Crippen molar-refractivity contribution in [3.8, 4) is 0 Å². The molecule has 30 heavy (non-hydrogen) atoms. The monoisotopic (exact) mass is 408 g/mol. The molecule has 0 spiro atoms. The molecule has 0 saturated carbocycles. The first-order valence-electron chi connectivity index (χ1n) is 10.3. The van der Waals surface area contributed by atoms with Crippen LogP contribution in [0.25, 0.3) is 0 Å². The number of benzene rings is 2. The van der Waals surface area contributed by atoms with Crippen LogP contribution in [0.1, 0.15) is 31.9 Å². The van der Waals surface area contributed by atoms with E-state index in [-0.39, 0.29) is 36.8 Å². The van der Waals surface area contributed by atoms with Gasteiger partial charge in [-0.25, -0.2) is 4.79 Å². The number of hydrogen-bond donors (Lipinski definition) is 1. The molecule has 2 amide bonds. The maximum Gasteiger partial charge on any atom is 0.329 e. The molecule has 0 bridgehead atoms. The van der Waals surface area contributed by atoms with Gasteiger partial charge in [0.05, 0.1) is 6.42 Å². The van der Waals surface area contributed by atoms with Crippen molar-refractivity contribution in [2.24, 2.45) is 5.92 Å². The molecule has 2 atom stereocenters. The van der Waals surface area contributed by atoms with Gasteiger partial charge in [-0.15, -0.1) is 0 Å². The molecule has 1 aliphatic heterocycles. The van der Waals surface area contributed by atoms with Gasteiger partial charge in [0, 0.05) is 11.7 Å². The molecule has 0 fully saturated rings. The number of ether oxygens (including phenoxy) is 1. The van der Waals surface area contributed by atoms with Gasteiger partial charge in [0.15, 0.2) is 6.61 Å². The summed E-state index contributed by atoms with van der Waals surface area (Å²) in [5.74, 6) is -1.29. The van der Waals surface area contributed by atoms with E-state index in [0.717, 1.165) is 23.2 Å². The highest BCUT2D eigenvalue weighted by Crippen LogP contribution is 2.31. The number of carbonyl (C=O) groups is 3. The van der Waals surface area contributed by atoms with Crippen molar-refractivity contribution in [1.82, 2.24) is 5.32 Å². The predicted molar refractivity (Wildman–Crippen MR) is 115 cm³/mol. The Kier molecular flexibility index (Phi) is 6.87. The summed E-state index contributed by atoms with van der Waals surface area (Å²) in [6, 6.07) is 16.3. The second-order valence-electron chi connectivity index (χ2n) is 8.00. The second-order valence-corrected chi connectivity index (χ2v) is 8.00. The molecule has 1 heterocycles. The number of rotatable bonds is 7. The lowest BCUT2D eigenvalue weighted by Gasteiger charge is -2.24. The zero-order valence-corrected chi connectivity index (χ0v) is 17.6. The third-order valence-corrected chi connectivity index (χ3v) is 5.26. The molecule has 6 heteroatoms. The fraction of sp³-hybridized carbons (Fsp3) is 0.375. The lowest BCUT2D eigenvalue weighted by molar-refractivity contribution is -0.152. The van der Waals surface area contributed by atoms with E-state index < -0.39 is 12.0 Å². The van der Waals surface area contributed by atoms with Crippen LogP contribution in [0.5, 0.6) is 0 Å². The number of amides is 2. The first-order chi connectivity index (χ1) is 14.4. The summed E-state index contributed by atoms with van der Waals surface area (Å²) in [4.78, 5) is 39.4. The normalized spacial score (nSPS) is 16.1. The Morgan fingerprint density at radius 1 is 1.07 bits per heavy atom. The highest BCUT2D eigenvalue weighted by molar-refractivity contribution is 5.98. The van der Waals surface area contributed by atoms with E-state index >= 15 is 0 Å². The molecule has 1 N–H and O–H groups in total. The van der Waals surface area contributed by atoms with Crippen LogP contribution in [-0.4, -0.2) is 36.5 Å². The van der Waals surface area contributed by atoms with Crippen LogP contribution in [0.2, 0.25) is 0 Å². The van der Waals surface area contributed by atoms with Crippen LogP contribution in [0.3, 0.4) is 0 Å². The summed E-state index contributed by atoms with van der Waals surface area (Å²) in [7, 11) is 0. The lowest BCUT2D eigenvalue weighted by Crippen LogP contribution is -2.47. The van der Waals surface area contributed by atoms with Gasteiger partial charge in [0.2, 0.25) is 5.91 Å². The van der Waals surface area contributed by atoms with Crippen molar-refractivity contribution < 1.29 is 19.1 Å². The molecular weight excluding hydrogens is 380 g/mol. The van der Waals surface area contributed by atoms with Gasteiger partial charge in [-0.1, -0.05) is 62.4 Å². The standard InChI is InChI=1S/C24H28N2O4/c1-16(2)23(25-21(27)14-18-9-5-4-6-10-18)24(29)30-15-22(28)26-17(3)13-19-11-7-8-12-20(19)26/h4-12,16-17,23H,13-15H2,1-3H3,(H,25,27)/t17-,23-/m0/s1. The number of para-hydroxylation sites is 1. The third-order valence-electron chi connectivity index (χ3n) is 5.26. The minimum absolute atomic E-state index is 0.0140. The smallest absolute Gasteiger partial charge is 0.329 e. The van der Waals surface area contributed by atoms with Gasteiger partial charge in [0.25, 0.3) is 5.91 Å². The van der Waals surface area contributed by atoms with E-state index in [1.54, 1.807) is 4.90 Å². The van der Waals surface area contributed by atoms with Crippen molar-refractivity contribution in [3.05, 3.63) is 65.7 Å². The number of carbonyl (C=O) groups excluding carboxylic acids is 3.